The Balaban J connectivity index is 1.82. The minimum Gasteiger partial charge on any atom is -0.396 e. The van der Waals surface area contributed by atoms with Crippen LogP contribution in [0.15, 0.2) is 41.2 Å². The lowest BCUT2D eigenvalue weighted by Crippen LogP contribution is -2.46. The van der Waals surface area contributed by atoms with Crippen LogP contribution in [0.3, 0.4) is 0 Å². The lowest BCUT2D eigenvalue weighted by Gasteiger charge is -2.37. The molecule has 0 spiro atoms. The van der Waals surface area contributed by atoms with Crippen LogP contribution in [0.25, 0.3) is 0 Å². The van der Waals surface area contributed by atoms with Crippen LogP contribution in [0.5, 0.6) is 0 Å². The van der Waals surface area contributed by atoms with E-state index >= 15 is 0 Å². The molecule has 0 fully saturated rings. The predicted octanol–water partition coefficient (Wildman–Crippen LogP) is 2.90. The second-order valence-corrected chi connectivity index (χ2v) is 6.75. The first kappa shape index (κ1) is 17.4. The Morgan fingerprint density at radius 1 is 1.29 bits per heavy atom. The van der Waals surface area contributed by atoms with E-state index in [9.17, 15) is 0 Å². The van der Waals surface area contributed by atoms with E-state index in [4.69, 9.17) is 28.3 Å². The number of nitrogens with zero attached hydrogens (tertiary/aromatic N) is 4. The standard InChI is InChI=1S/C17H22Cl2N4O/c1-2-22-12-21(8-3-9-24)11-15-16(22)20-17(19)23(15)10-13-4-6-14(18)7-5-13/h4-7,11,17,24H,2-3,8-10,12H2,1H3. The van der Waals surface area contributed by atoms with Crippen molar-refractivity contribution in [2.45, 2.75) is 25.5 Å². The summed E-state index contributed by atoms with van der Waals surface area (Å²) in [4.78, 5) is 11.1. The van der Waals surface area contributed by atoms with Gasteiger partial charge >= 0.3 is 0 Å². The summed E-state index contributed by atoms with van der Waals surface area (Å²) in [5, 5.41) is 9.82. The van der Waals surface area contributed by atoms with Crippen LogP contribution in [-0.2, 0) is 6.54 Å². The fourth-order valence-electron chi connectivity index (χ4n) is 2.96. The van der Waals surface area contributed by atoms with Gasteiger partial charge < -0.3 is 19.8 Å². The molecule has 2 aliphatic heterocycles. The summed E-state index contributed by atoms with van der Waals surface area (Å²) in [5.74, 6) is 0.951. The second-order valence-electron chi connectivity index (χ2n) is 5.92. The summed E-state index contributed by atoms with van der Waals surface area (Å²) >= 11 is 12.5. The van der Waals surface area contributed by atoms with Gasteiger partial charge in [-0.2, -0.15) is 0 Å². The highest BCUT2D eigenvalue weighted by Crippen LogP contribution is 2.30. The van der Waals surface area contributed by atoms with Crippen LogP contribution in [0.4, 0.5) is 0 Å². The Morgan fingerprint density at radius 3 is 2.71 bits per heavy atom. The van der Waals surface area contributed by atoms with E-state index in [1.807, 2.05) is 24.3 Å². The Labute approximate surface area is 152 Å². The third-order valence-electron chi connectivity index (χ3n) is 4.23. The van der Waals surface area contributed by atoms with Gasteiger partial charge in [-0.1, -0.05) is 35.3 Å². The molecule has 0 amide bonds. The molecule has 2 heterocycles. The highest BCUT2D eigenvalue weighted by molar-refractivity contribution is 6.30. The molecule has 3 rings (SSSR count). The molecule has 7 heteroatoms. The summed E-state index contributed by atoms with van der Waals surface area (Å²) in [6.07, 6.45) is 2.86. The molecular formula is C17H22Cl2N4O. The first-order valence-electron chi connectivity index (χ1n) is 8.17. The van der Waals surface area contributed by atoms with E-state index in [1.54, 1.807) is 0 Å². The molecule has 1 unspecified atom stereocenters. The van der Waals surface area contributed by atoms with E-state index < -0.39 is 5.62 Å². The summed E-state index contributed by atoms with van der Waals surface area (Å²) < 4.78 is 0. The zero-order chi connectivity index (χ0) is 17.1. The number of likely N-dealkylation sites (N-methyl/N-ethyl adjacent to an activating group) is 1. The fraction of sp³-hybridized carbons (Fsp3) is 0.471. The maximum absolute atomic E-state index is 9.09. The summed E-state index contributed by atoms with van der Waals surface area (Å²) in [6, 6.07) is 7.79. The number of fused-ring (bicyclic) bond motifs is 1. The van der Waals surface area contributed by atoms with Crippen LogP contribution in [0.2, 0.25) is 5.02 Å². The summed E-state index contributed by atoms with van der Waals surface area (Å²) in [7, 11) is 0. The highest BCUT2D eigenvalue weighted by atomic mass is 35.5. The van der Waals surface area contributed by atoms with Gasteiger partial charge in [-0.05, 0) is 31.0 Å². The van der Waals surface area contributed by atoms with Crippen LogP contribution in [0, 0.1) is 0 Å². The first-order chi connectivity index (χ1) is 11.6. The predicted molar refractivity (Wildman–Crippen MR) is 97.8 cm³/mol. The molecule has 1 aromatic carbocycles. The minimum absolute atomic E-state index is 0.194. The molecule has 0 saturated heterocycles. The van der Waals surface area contributed by atoms with Gasteiger partial charge in [0, 0.05) is 37.5 Å². The van der Waals surface area contributed by atoms with Crippen molar-refractivity contribution in [3.8, 4) is 0 Å². The largest absolute Gasteiger partial charge is 0.396 e. The number of hydrogen-bond donors (Lipinski definition) is 1. The number of aliphatic hydroxyl groups excluding tert-OH is 1. The molecule has 1 aromatic rings. The number of benzene rings is 1. The van der Waals surface area contributed by atoms with Crippen molar-refractivity contribution in [2.75, 3.05) is 26.4 Å². The molecular weight excluding hydrogens is 347 g/mol. The van der Waals surface area contributed by atoms with Crippen LogP contribution < -0.4 is 0 Å². The van der Waals surface area contributed by atoms with E-state index in [0.29, 0.717) is 6.54 Å². The maximum Gasteiger partial charge on any atom is 0.200 e. The molecule has 5 nitrogen and oxygen atoms in total. The molecule has 130 valence electrons. The van der Waals surface area contributed by atoms with Crippen molar-refractivity contribution in [1.29, 1.82) is 0 Å². The van der Waals surface area contributed by atoms with Gasteiger partial charge in [0.15, 0.2) is 5.84 Å². The van der Waals surface area contributed by atoms with Gasteiger partial charge in [-0.25, -0.2) is 4.99 Å². The number of aliphatic imine (C=N–C) groups is 1. The molecule has 0 aromatic heterocycles. The molecule has 0 radical (unpaired) electrons. The van der Waals surface area contributed by atoms with Crippen molar-refractivity contribution >= 4 is 29.0 Å². The fourth-order valence-corrected chi connectivity index (χ4v) is 3.35. The molecule has 1 atom stereocenters. The maximum atomic E-state index is 9.09. The number of hydrogen-bond acceptors (Lipinski definition) is 5. The van der Waals surface area contributed by atoms with Crippen molar-refractivity contribution in [1.82, 2.24) is 14.7 Å². The van der Waals surface area contributed by atoms with E-state index in [2.05, 4.69) is 32.8 Å². The monoisotopic (exact) mass is 368 g/mol. The normalized spacial score (nSPS) is 20.2. The van der Waals surface area contributed by atoms with Crippen molar-refractivity contribution in [3.05, 3.63) is 46.7 Å². The van der Waals surface area contributed by atoms with E-state index in [1.165, 1.54) is 0 Å². The summed E-state index contributed by atoms with van der Waals surface area (Å²) in [5.41, 5.74) is 1.77. The molecule has 1 N–H and O–H groups in total. The van der Waals surface area contributed by atoms with Gasteiger partial charge in [0.05, 0.1) is 12.4 Å². The Bertz CT molecular complexity index is 632. The average molecular weight is 369 g/mol. The van der Waals surface area contributed by atoms with Crippen LogP contribution in [-0.4, -0.2) is 57.6 Å². The number of rotatable bonds is 6. The highest BCUT2D eigenvalue weighted by Gasteiger charge is 2.35. The topological polar surface area (TPSA) is 42.3 Å². The smallest absolute Gasteiger partial charge is 0.200 e. The summed E-state index contributed by atoms with van der Waals surface area (Å²) in [6.45, 7) is 5.43. The molecule has 24 heavy (non-hydrogen) atoms. The van der Waals surface area contributed by atoms with E-state index in [0.717, 1.165) is 48.3 Å². The van der Waals surface area contributed by atoms with Crippen LogP contribution in [0.1, 0.15) is 18.9 Å². The number of alkyl halides is 1. The Hall–Kier alpha value is -1.43. The van der Waals surface area contributed by atoms with Crippen molar-refractivity contribution in [3.63, 3.8) is 0 Å². The quantitative estimate of drug-likeness (QED) is 0.619. The molecule has 0 aliphatic carbocycles. The van der Waals surface area contributed by atoms with E-state index in [-0.39, 0.29) is 6.61 Å². The van der Waals surface area contributed by atoms with Crippen LogP contribution >= 0.6 is 23.2 Å². The first-order valence-corrected chi connectivity index (χ1v) is 8.99. The number of aliphatic hydroxyl groups is 1. The van der Waals surface area contributed by atoms with Crippen molar-refractivity contribution < 1.29 is 5.11 Å². The lowest BCUT2D eigenvalue weighted by atomic mass is 10.2. The second kappa shape index (κ2) is 7.64. The lowest BCUT2D eigenvalue weighted by molar-refractivity contribution is 0.205. The van der Waals surface area contributed by atoms with Gasteiger partial charge in [0.1, 0.15) is 0 Å². The third-order valence-corrected chi connectivity index (χ3v) is 4.82. The average Bonchev–Trinajstić information content (AvgIpc) is 2.90. The third kappa shape index (κ3) is 3.63. The number of amidine groups is 1. The molecule has 2 aliphatic rings. The zero-order valence-corrected chi connectivity index (χ0v) is 15.2. The van der Waals surface area contributed by atoms with Crippen molar-refractivity contribution in [2.24, 2.45) is 4.99 Å². The van der Waals surface area contributed by atoms with Gasteiger partial charge in [0.2, 0.25) is 5.62 Å². The van der Waals surface area contributed by atoms with Gasteiger partial charge in [-0.15, -0.1) is 0 Å². The van der Waals surface area contributed by atoms with Gasteiger partial charge in [-0.3, -0.25) is 0 Å². The zero-order valence-electron chi connectivity index (χ0n) is 13.7. The number of halogens is 2. The SMILES string of the molecule is CCN1CN(CCCO)C=C2C1=NC(Cl)N2Cc1ccc(Cl)cc1. The Morgan fingerprint density at radius 2 is 2.04 bits per heavy atom. The molecule has 0 saturated carbocycles. The molecule has 0 bridgehead atoms. The minimum atomic E-state index is -0.409. The Kier molecular flexibility index (Phi) is 5.54. The van der Waals surface area contributed by atoms with Gasteiger partial charge in [0.25, 0.3) is 0 Å².